The van der Waals surface area contributed by atoms with Gasteiger partial charge in [-0.2, -0.15) is 0 Å². The van der Waals surface area contributed by atoms with Crippen LogP contribution in [-0.4, -0.2) is 40.1 Å². The second-order valence-corrected chi connectivity index (χ2v) is 9.74. The van der Waals surface area contributed by atoms with Gasteiger partial charge in [0, 0.05) is 47.4 Å². The molecule has 0 spiro atoms. The normalized spacial score (nSPS) is 17.0. The Bertz CT molecular complexity index is 787. The Hall–Kier alpha value is -1.95. The van der Waals surface area contributed by atoms with Gasteiger partial charge in [0.05, 0.1) is 6.61 Å². The summed E-state index contributed by atoms with van der Waals surface area (Å²) < 4.78 is 17.4. The van der Waals surface area contributed by atoms with E-state index >= 15 is 0 Å². The molecule has 0 saturated carbocycles. The Morgan fingerprint density at radius 3 is 2.43 bits per heavy atom. The Labute approximate surface area is 183 Å². The van der Waals surface area contributed by atoms with Crippen LogP contribution in [0.1, 0.15) is 51.5 Å². The molecule has 2 heterocycles. The zero-order valence-electron chi connectivity index (χ0n) is 18.5. The van der Waals surface area contributed by atoms with E-state index in [0.717, 1.165) is 55.0 Å². The van der Waals surface area contributed by atoms with E-state index in [4.69, 9.17) is 4.74 Å². The summed E-state index contributed by atoms with van der Waals surface area (Å²) in [7, 11) is -0.942. The van der Waals surface area contributed by atoms with Gasteiger partial charge in [-0.05, 0) is 73.8 Å². The molecule has 0 aliphatic carbocycles. The summed E-state index contributed by atoms with van der Waals surface area (Å²) in [5.74, 6) is 3.08. The summed E-state index contributed by atoms with van der Waals surface area (Å²) in [5.41, 5.74) is 1.24. The molecule has 0 N–H and O–H groups in total. The maximum absolute atomic E-state index is 11.5. The van der Waals surface area contributed by atoms with E-state index < -0.39 is 10.8 Å². The van der Waals surface area contributed by atoms with E-state index in [2.05, 4.69) is 28.7 Å². The molecule has 3 rings (SSSR count). The molecule has 5 nitrogen and oxygen atoms in total. The molecule has 0 radical (unpaired) electrons. The molecule has 0 bridgehead atoms. The third-order valence-corrected chi connectivity index (χ3v) is 7.07. The zero-order valence-corrected chi connectivity index (χ0v) is 19.4. The number of aryl methyl sites for hydroxylation is 1. The van der Waals surface area contributed by atoms with E-state index in [1.54, 1.807) is 6.26 Å². The third-order valence-electron chi connectivity index (χ3n) is 6.14. The van der Waals surface area contributed by atoms with Gasteiger partial charge in [0.25, 0.3) is 0 Å². The number of benzene rings is 1. The predicted octanol–water partition coefficient (Wildman–Crippen LogP) is 4.88. The van der Waals surface area contributed by atoms with Crippen LogP contribution < -0.4 is 9.64 Å². The molecule has 6 heteroatoms. The molecule has 0 amide bonds. The molecule has 164 valence electrons. The van der Waals surface area contributed by atoms with Crippen molar-refractivity contribution in [3.8, 4) is 5.75 Å². The number of hydrogen-bond acceptors (Lipinski definition) is 5. The molecular weight excluding hydrogens is 394 g/mol. The van der Waals surface area contributed by atoms with Gasteiger partial charge >= 0.3 is 0 Å². The maximum atomic E-state index is 11.5. The fourth-order valence-corrected chi connectivity index (χ4v) is 4.53. The minimum absolute atomic E-state index is 0.631. The third kappa shape index (κ3) is 6.53. The molecule has 2 aromatic rings. The summed E-state index contributed by atoms with van der Waals surface area (Å²) in [6.45, 7) is 7.32. The smallest absolute Gasteiger partial charge is 0.225 e. The highest BCUT2D eigenvalue weighted by atomic mass is 32.2. The largest absolute Gasteiger partial charge is 0.494 e. The molecule has 1 aliphatic rings. The van der Waals surface area contributed by atoms with Crippen molar-refractivity contribution in [3.05, 3.63) is 42.2 Å². The van der Waals surface area contributed by atoms with Crippen LogP contribution in [0.2, 0.25) is 0 Å². The lowest BCUT2D eigenvalue weighted by atomic mass is 9.84. The lowest BCUT2D eigenvalue weighted by Crippen LogP contribution is -2.37. The van der Waals surface area contributed by atoms with Crippen molar-refractivity contribution >= 4 is 16.7 Å². The summed E-state index contributed by atoms with van der Waals surface area (Å²) in [6, 6.07) is 7.58. The number of hydrogen-bond donors (Lipinski definition) is 0. The van der Waals surface area contributed by atoms with Crippen LogP contribution in [0.4, 0.5) is 5.95 Å². The summed E-state index contributed by atoms with van der Waals surface area (Å²) in [4.78, 5) is 12.4. The fourth-order valence-electron chi connectivity index (χ4n) is 4.02. The Balaban J connectivity index is 1.39. The summed E-state index contributed by atoms with van der Waals surface area (Å²) in [6.07, 6.45) is 12.6. The van der Waals surface area contributed by atoms with Crippen molar-refractivity contribution in [3.63, 3.8) is 0 Å². The molecule has 1 aromatic heterocycles. The standard InChI is InChI=1S/C24H35N3O2S/c1-4-5-6-20-17-25-24(26-18-20)27-14-11-21(12-15-27)19(2)13-16-29-22-7-9-23(10-8-22)30(3)28/h7-10,17-19,21H,4-6,11-16H2,1-3H3/t19-,30?/m1/s1. The van der Waals surface area contributed by atoms with E-state index in [1.807, 2.05) is 36.7 Å². The van der Waals surface area contributed by atoms with Gasteiger partial charge in [0.2, 0.25) is 5.95 Å². The van der Waals surface area contributed by atoms with Crippen LogP contribution in [0.25, 0.3) is 0 Å². The van der Waals surface area contributed by atoms with Crippen LogP contribution in [0.3, 0.4) is 0 Å². The van der Waals surface area contributed by atoms with Gasteiger partial charge < -0.3 is 9.64 Å². The first-order valence-electron chi connectivity index (χ1n) is 11.2. The van der Waals surface area contributed by atoms with Crippen molar-refractivity contribution < 1.29 is 8.95 Å². The average Bonchev–Trinajstić information content (AvgIpc) is 2.78. The van der Waals surface area contributed by atoms with Crippen molar-refractivity contribution in [2.24, 2.45) is 11.8 Å². The van der Waals surface area contributed by atoms with Gasteiger partial charge in [0.15, 0.2) is 0 Å². The van der Waals surface area contributed by atoms with Gasteiger partial charge in [-0.1, -0.05) is 20.3 Å². The average molecular weight is 430 g/mol. The van der Waals surface area contributed by atoms with E-state index in [9.17, 15) is 4.21 Å². The Kier molecular flexibility index (Phi) is 8.67. The SMILES string of the molecule is CCCCc1cnc(N2CCC([C@H](C)CCOc3ccc(S(C)=O)cc3)CC2)nc1. The Morgan fingerprint density at radius 1 is 1.17 bits per heavy atom. The van der Waals surface area contributed by atoms with Crippen molar-refractivity contribution in [2.45, 2.75) is 57.3 Å². The van der Waals surface area contributed by atoms with Crippen molar-refractivity contribution in [1.82, 2.24) is 9.97 Å². The number of anilines is 1. The van der Waals surface area contributed by atoms with Gasteiger partial charge in [-0.3, -0.25) is 4.21 Å². The molecule has 1 aliphatic heterocycles. The topological polar surface area (TPSA) is 55.3 Å². The van der Waals surface area contributed by atoms with E-state index in [-0.39, 0.29) is 0 Å². The van der Waals surface area contributed by atoms with Crippen LogP contribution in [-0.2, 0) is 17.2 Å². The molecule has 1 saturated heterocycles. The fraction of sp³-hybridized carbons (Fsp3) is 0.583. The molecule has 30 heavy (non-hydrogen) atoms. The van der Waals surface area contributed by atoms with E-state index in [0.29, 0.717) is 5.92 Å². The summed E-state index contributed by atoms with van der Waals surface area (Å²) >= 11 is 0. The predicted molar refractivity (Wildman–Crippen MR) is 124 cm³/mol. The van der Waals surface area contributed by atoms with Gasteiger partial charge in [-0.25, -0.2) is 9.97 Å². The quantitative estimate of drug-likeness (QED) is 0.539. The minimum atomic E-state index is -0.942. The van der Waals surface area contributed by atoms with Crippen LogP contribution in [0, 0.1) is 11.8 Å². The van der Waals surface area contributed by atoms with Crippen molar-refractivity contribution in [1.29, 1.82) is 0 Å². The van der Waals surface area contributed by atoms with E-state index in [1.165, 1.54) is 31.2 Å². The number of ether oxygens (including phenoxy) is 1. The van der Waals surface area contributed by atoms with Gasteiger partial charge in [0.1, 0.15) is 5.75 Å². The first kappa shape index (κ1) is 22.7. The summed E-state index contributed by atoms with van der Waals surface area (Å²) in [5, 5.41) is 0. The van der Waals surface area contributed by atoms with Crippen LogP contribution in [0.15, 0.2) is 41.6 Å². The number of aromatic nitrogens is 2. The minimum Gasteiger partial charge on any atom is -0.494 e. The molecule has 1 fully saturated rings. The number of nitrogens with zero attached hydrogens (tertiary/aromatic N) is 3. The second kappa shape index (κ2) is 11.4. The lowest BCUT2D eigenvalue weighted by molar-refractivity contribution is 0.222. The molecular formula is C24H35N3O2S. The second-order valence-electron chi connectivity index (χ2n) is 8.36. The van der Waals surface area contributed by atoms with Crippen LogP contribution >= 0.6 is 0 Å². The highest BCUT2D eigenvalue weighted by molar-refractivity contribution is 7.84. The number of unbranched alkanes of at least 4 members (excludes halogenated alkanes) is 1. The number of piperidine rings is 1. The van der Waals surface area contributed by atoms with Crippen LogP contribution in [0.5, 0.6) is 5.75 Å². The highest BCUT2D eigenvalue weighted by Gasteiger charge is 2.25. The molecule has 1 aromatic carbocycles. The number of rotatable bonds is 10. The maximum Gasteiger partial charge on any atom is 0.225 e. The first-order valence-corrected chi connectivity index (χ1v) is 12.7. The monoisotopic (exact) mass is 429 g/mol. The van der Waals surface area contributed by atoms with Gasteiger partial charge in [-0.15, -0.1) is 0 Å². The first-order chi connectivity index (χ1) is 14.6. The molecule has 1 unspecified atom stereocenters. The molecule has 2 atom stereocenters. The zero-order chi connectivity index (χ0) is 21.3. The van der Waals surface area contributed by atoms with Crippen molar-refractivity contribution in [2.75, 3.05) is 30.9 Å². The Morgan fingerprint density at radius 2 is 1.83 bits per heavy atom. The highest BCUT2D eigenvalue weighted by Crippen LogP contribution is 2.28. The lowest BCUT2D eigenvalue weighted by Gasteiger charge is -2.35.